The zero-order valence-corrected chi connectivity index (χ0v) is 11.6. The highest BCUT2D eigenvalue weighted by Crippen LogP contribution is 2.19. The number of hydrogen-bond donors (Lipinski definition) is 2. The Morgan fingerprint density at radius 1 is 1.30 bits per heavy atom. The SMILES string of the molecule is CCOC(=O)c1ccccc1NCCC(=O)NC1CC1. The quantitative estimate of drug-likeness (QED) is 0.747. The number of amides is 1. The van der Waals surface area contributed by atoms with E-state index in [1.54, 1.807) is 19.1 Å². The molecule has 0 spiro atoms. The fourth-order valence-corrected chi connectivity index (χ4v) is 1.86. The van der Waals surface area contributed by atoms with Gasteiger partial charge in [-0.25, -0.2) is 4.79 Å². The monoisotopic (exact) mass is 276 g/mol. The van der Waals surface area contributed by atoms with Gasteiger partial charge >= 0.3 is 5.97 Å². The zero-order valence-electron chi connectivity index (χ0n) is 11.6. The van der Waals surface area contributed by atoms with Crippen LogP contribution in [0.5, 0.6) is 0 Å². The van der Waals surface area contributed by atoms with Crippen molar-refractivity contribution in [2.45, 2.75) is 32.2 Å². The van der Waals surface area contributed by atoms with Crippen molar-refractivity contribution in [3.05, 3.63) is 29.8 Å². The molecule has 0 saturated heterocycles. The summed E-state index contributed by atoms with van der Waals surface area (Å²) in [6, 6.07) is 7.54. The molecular formula is C15H20N2O3. The molecule has 1 saturated carbocycles. The van der Waals surface area contributed by atoms with E-state index < -0.39 is 0 Å². The second-order valence-electron chi connectivity index (χ2n) is 4.78. The Labute approximate surface area is 118 Å². The number of rotatable bonds is 7. The van der Waals surface area contributed by atoms with Gasteiger partial charge in [-0.3, -0.25) is 4.79 Å². The predicted octanol–water partition coefficient (Wildman–Crippen LogP) is 1.94. The van der Waals surface area contributed by atoms with Crippen molar-refractivity contribution >= 4 is 17.6 Å². The van der Waals surface area contributed by atoms with Gasteiger partial charge in [-0.1, -0.05) is 12.1 Å². The summed E-state index contributed by atoms with van der Waals surface area (Å²) in [4.78, 5) is 23.3. The number of anilines is 1. The fraction of sp³-hybridized carbons (Fsp3) is 0.467. The van der Waals surface area contributed by atoms with Crippen LogP contribution in [0, 0.1) is 0 Å². The van der Waals surface area contributed by atoms with Crippen LogP contribution >= 0.6 is 0 Å². The topological polar surface area (TPSA) is 67.4 Å². The van der Waals surface area contributed by atoms with Gasteiger partial charge in [0.1, 0.15) is 0 Å². The molecule has 2 rings (SSSR count). The molecule has 0 heterocycles. The molecule has 1 aromatic carbocycles. The first kappa shape index (κ1) is 14.4. The standard InChI is InChI=1S/C15H20N2O3/c1-2-20-15(19)12-5-3-4-6-13(12)16-10-9-14(18)17-11-7-8-11/h3-6,11,16H,2,7-10H2,1H3,(H,17,18). The van der Waals surface area contributed by atoms with Gasteiger partial charge in [0.05, 0.1) is 12.2 Å². The summed E-state index contributed by atoms with van der Waals surface area (Å²) in [5, 5.41) is 6.04. The third-order valence-electron chi connectivity index (χ3n) is 3.03. The van der Waals surface area contributed by atoms with Crippen LogP contribution in [-0.2, 0) is 9.53 Å². The molecule has 0 aromatic heterocycles. The summed E-state index contributed by atoms with van der Waals surface area (Å²) in [7, 11) is 0. The largest absolute Gasteiger partial charge is 0.462 e. The number of nitrogens with one attached hydrogen (secondary N) is 2. The van der Waals surface area contributed by atoms with E-state index in [4.69, 9.17) is 4.74 Å². The summed E-state index contributed by atoms with van der Waals surface area (Å²) in [5.74, 6) is -0.299. The van der Waals surface area contributed by atoms with Crippen molar-refractivity contribution < 1.29 is 14.3 Å². The van der Waals surface area contributed by atoms with Gasteiger partial charge in [-0.2, -0.15) is 0 Å². The lowest BCUT2D eigenvalue weighted by Crippen LogP contribution is -2.27. The van der Waals surface area contributed by atoms with Crippen molar-refractivity contribution in [2.75, 3.05) is 18.5 Å². The molecule has 0 bridgehead atoms. The number of carbonyl (C=O) groups excluding carboxylic acids is 2. The summed E-state index contributed by atoms with van der Waals surface area (Å²) < 4.78 is 5.00. The van der Waals surface area contributed by atoms with Crippen LogP contribution in [0.15, 0.2) is 24.3 Å². The Hall–Kier alpha value is -2.04. The molecule has 1 aliphatic rings. The molecule has 0 aliphatic heterocycles. The van der Waals surface area contributed by atoms with Crippen LogP contribution in [-0.4, -0.2) is 31.1 Å². The van der Waals surface area contributed by atoms with Crippen LogP contribution in [0.25, 0.3) is 0 Å². The summed E-state index contributed by atoms with van der Waals surface area (Å²) >= 11 is 0. The van der Waals surface area contributed by atoms with E-state index in [-0.39, 0.29) is 11.9 Å². The van der Waals surface area contributed by atoms with E-state index in [1.165, 1.54) is 0 Å². The van der Waals surface area contributed by atoms with Gasteiger partial charge in [0.25, 0.3) is 0 Å². The van der Waals surface area contributed by atoms with E-state index in [2.05, 4.69) is 10.6 Å². The van der Waals surface area contributed by atoms with Gasteiger partial charge in [0.2, 0.25) is 5.91 Å². The van der Waals surface area contributed by atoms with Crippen molar-refractivity contribution in [1.29, 1.82) is 0 Å². The molecule has 2 N–H and O–H groups in total. The lowest BCUT2D eigenvalue weighted by molar-refractivity contribution is -0.120. The maximum atomic E-state index is 11.8. The highest BCUT2D eigenvalue weighted by atomic mass is 16.5. The average Bonchev–Trinajstić information content (AvgIpc) is 3.23. The van der Waals surface area contributed by atoms with E-state index >= 15 is 0 Å². The minimum atomic E-state index is -0.349. The smallest absolute Gasteiger partial charge is 0.340 e. The summed E-state index contributed by atoms with van der Waals surface area (Å²) in [5.41, 5.74) is 1.20. The second kappa shape index (κ2) is 6.93. The number of carbonyl (C=O) groups is 2. The fourth-order valence-electron chi connectivity index (χ4n) is 1.86. The molecule has 108 valence electrons. The molecule has 20 heavy (non-hydrogen) atoms. The molecule has 0 radical (unpaired) electrons. The van der Waals surface area contributed by atoms with E-state index in [1.807, 2.05) is 12.1 Å². The number of esters is 1. The van der Waals surface area contributed by atoms with Crippen LogP contribution in [0.3, 0.4) is 0 Å². The van der Waals surface area contributed by atoms with Crippen molar-refractivity contribution in [1.82, 2.24) is 5.32 Å². The molecule has 0 unspecified atom stereocenters. The first-order valence-electron chi connectivity index (χ1n) is 7.00. The molecular weight excluding hydrogens is 256 g/mol. The zero-order chi connectivity index (χ0) is 14.4. The highest BCUT2D eigenvalue weighted by molar-refractivity contribution is 5.95. The van der Waals surface area contributed by atoms with Crippen molar-refractivity contribution in [3.63, 3.8) is 0 Å². The Kier molecular flexibility index (Phi) is 4.98. The van der Waals surface area contributed by atoms with Gasteiger partial charge in [0.15, 0.2) is 0 Å². The minimum absolute atomic E-state index is 0.0496. The lowest BCUT2D eigenvalue weighted by atomic mass is 10.1. The van der Waals surface area contributed by atoms with Gasteiger partial charge in [0, 0.05) is 24.7 Å². The van der Waals surface area contributed by atoms with Crippen molar-refractivity contribution in [3.8, 4) is 0 Å². The first-order chi connectivity index (χ1) is 9.70. The maximum Gasteiger partial charge on any atom is 0.340 e. The summed E-state index contributed by atoms with van der Waals surface area (Å²) in [6.07, 6.45) is 2.57. The Balaban J connectivity index is 1.85. The van der Waals surface area contributed by atoms with Crippen LogP contribution in [0.4, 0.5) is 5.69 Å². The number of para-hydroxylation sites is 1. The van der Waals surface area contributed by atoms with Gasteiger partial charge in [-0.05, 0) is 31.9 Å². The lowest BCUT2D eigenvalue weighted by Gasteiger charge is -2.11. The molecule has 1 aromatic rings. The van der Waals surface area contributed by atoms with E-state index in [0.29, 0.717) is 36.9 Å². The number of benzene rings is 1. The van der Waals surface area contributed by atoms with Gasteiger partial charge in [-0.15, -0.1) is 0 Å². The van der Waals surface area contributed by atoms with E-state index in [9.17, 15) is 9.59 Å². The highest BCUT2D eigenvalue weighted by Gasteiger charge is 2.22. The number of hydrogen-bond acceptors (Lipinski definition) is 4. The first-order valence-corrected chi connectivity index (χ1v) is 7.00. The minimum Gasteiger partial charge on any atom is -0.462 e. The van der Waals surface area contributed by atoms with Crippen LogP contribution in [0.1, 0.15) is 36.5 Å². The Bertz CT molecular complexity index is 484. The Morgan fingerprint density at radius 3 is 2.75 bits per heavy atom. The van der Waals surface area contributed by atoms with E-state index in [0.717, 1.165) is 12.8 Å². The predicted molar refractivity (Wildman–Crippen MR) is 76.7 cm³/mol. The third-order valence-corrected chi connectivity index (χ3v) is 3.03. The Morgan fingerprint density at radius 2 is 2.05 bits per heavy atom. The molecule has 1 aliphatic carbocycles. The van der Waals surface area contributed by atoms with Crippen LogP contribution in [0.2, 0.25) is 0 Å². The normalized spacial score (nSPS) is 13.7. The van der Waals surface area contributed by atoms with Crippen LogP contribution < -0.4 is 10.6 Å². The molecule has 0 atom stereocenters. The average molecular weight is 276 g/mol. The molecule has 1 fully saturated rings. The summed E-state index contributed by atoms with van der Waals surface area (Å²) in [6.45, 7) is 2.61. The van der Waals surface area contributed by atoms with Gasteiger partial charge < -0.3 is 15.4 Å². The van der Waals surface area contributed by atoms with Crippen molar-refractivity contribution in [2.24, 2.45) is 0 Å². The second-order valence-corrected chi connectivity index (χ2v) is 4.78. The maximum absolute atomic E-state index is 11.8. The molecule has 5 heteroatoms. The molecule has 5 nitrogen and oxygen atoms in total. The third kappa shape index (κ3) is 4.26. The molecule has 1 amide bonds. The number of ether oxygens (including phenoxy) is 1.